The van der Waals surface area contributed by atoms with E-state index in [2.05, 4.69) is 5.32 Å². The van der Waals surface area contributed by atoms with Crippen molar-refractivity contribution in [2.45, 2.75) is 25.4 Å². The van der Waals surface area contributed by atoms with Crippen molar-refractivity contribution in [2.75, 3.05) is 26.3 Å². The maximum Gasteiger partial charge on any atom is 0.261 e. The van der Waals surface area contributed by atoms with Gasteiger partial charge in [-0.2, -0.15) is 0 Å². The summed E-state index contributed by atoms with van der Waals surface area (Å²) in [5, 5.41) is 2.74. The summed E-state index contributed by atoms with van der Waals surface area (Å²) < 4.78 is 24.4. The van der Waals surface area contributed by atoms with Crippen molar-refractivity contribution in [2.24, 2.45) is 0 Å². The van der Waals surface area contributed by atoms with Gasteiger partial charge in [-0.15, -0.1) is 0 Å². The molecule has 2 heterocycles. The third-order valence-electron chi connectivity index (χ3n) is 5.34. The number of hydrogen-bond acceptors (Lipinski definition) is 5. The zero-order valence-corrected chi connectivity index (χ0v) is 16.9. The molecule has 0 radical (unpaired) electrons. The first-order valence-corrected chi connectivity index (χ1v) is 10.3. The maximum absolute atomic E-state index is 13.5. The number of nitrogens with one attached hydrogen (secondary N) is 1. The minimum absolute atomic E-state index is 0.128. The van der Waals surface area contributed by atoms with Gasteiger partial charge in [-0.05, 0) is 49.6 Å². The summed E-state index contributed by atoms with van der Waals surface area (Å²) in [5.74, 6) is -1.37. The van der Waals surface area contributed by atoms with Crippen LogP contribution in [0.25, 0.3) is 0 Å². The zero-order chi connectivity index (χ0) is 21.8. The molecule has 1 fully saturated rings. The molecule has 8 heteroatoms. The van der Waals surface area contributed by atoms with Crippen LogP contribution in [0.5, 0.6) is 5.75 Å². The molecule has 0 bridgehead atoms. The Labute approximate surface area is 179 Å². The van der Waals surface area contributed by atoms with Crippen LogP contribution in [-0.4, -0.2) is 55.0 Å². The van der Waals surface area contributed by atoms with Gasteiger partial charge in [-0.3, -0.25) is 19.3 Å². The summed E-state index contributed by atoms with van der Waals surface area (Å²) >= 11 is 0. The van der Waals surface area contributed by atoms with Gasteiger partial charge in [0.05, 0.1) is 30.4 Å². The summed E-state index contributed by atoms with van der Waals surface area (Å²) in [4.78, 5) is 38.9. The number of nitrogens with zero attached hydrogens (tertiary/aromatic N) is 1. The molecule has 0 saturated carbocycles. The highest BCUT2D eigenvalue weighted by molar-refractivity contribution is 6.22. The Kier molecular flexibility index (Phi) is 6.27. The number of para-hydroxylation sites is 1. The van der Waals surface area contributed by atoms with Gasteiger partial charge in [0.1, 0.15) is 0 Å². The van der Waals surface area contributed by atoms with Crippen molar-refractivity contribution in [3.8, 4) is 5.75 Å². The van der Waals surface area contributed by atoms with E-state index in [1.807, 2.05) is 0 Å². The highest BCUT2D eigenvalue weighted by Crippen LogP contribution is 2.26. The van der Waals surface area contributed by atoms with E-state index in [0.29, 0.717) is 30.7 Å². The molecule has 2 aromatic rings. The fourth-order valence-corrected chi connectivity index (χ4v) is 3.71. The molecule has 1 N–H and O–H groups in total. The van der Waals surface area contributed by atoms with E-state index in [1.165, 1.54) is 29.2 Å². The van der Waals surface area contributed by atoms with Crippen LogP contribution in [0.2, 0.25) is 0 Å². The van der Waals surface area contributed by atoms with E-state index >= 15 is 0 Å². The molecule has 4 rings (SSSR count). The van der Waals surface area contributed by atoms with E-state index < -0.39 is 11.7 Å². The van der Waals surface area contributed by atoms with Gasteiger partial charge in [-0.25, -0.2) is 4.39 Å². The lowest BCUT2D eigenvalue weighted by atomic mass is 10.1. The van der Waals surface area contributed by atoms with Crippen LogP contribution in [-0.2, 0) is 4.74 Å². The van der Waals surface area contributed by atoms with E-state index in [1.54, 1.807) is 18.2 Å². The molecule has 31 heavy (non-hydrogen) atoms. The van der Waals surface area contributed by atoms with Crippen molar-refractivity contribution >= 4 is 17.7 Å². The van der Waals surface area contributed by atoms with Crippen molar-refractivity contribution in [1.29, 1.82) is 0 Å². The minimum Gasteiger partial charge on any atom is -0.490 e. The first-order valence-electron chi connectivity index (χ1n) is 10.3. The van der Waals surface area contributed by atoms with Crippen LogP contribution in [0.1, 0.15) is 50.3 Å². The molecule has 2 aliphatic rings. The highest BCUT2D eigenvalue weighted by Gasteiger charge is 2.37. The Morgan fingerprint density at radius 2 is 1.97 bits per heavy atom. The van der Waals surface area contributed by atoms with Gasteiger partial charge < -0.3 is 14.8 Å². The summed E-state index contributed by atoms with van der Waals surface area (Å²) in [6, 6.07) is 10.6. The van der Waals surface area contributed by atoms with Crippen molar-refractivity contribution in [3.05, 3.63) is 65.0 Å². The van der Waals surface area contributed by atoms with Crippen LogP contribution in [0.4, 0.5) is 4.39 Å². The summed E-state index contributed by atoms with van der Waals surface area (Å²) in [5.41, 5.74) is 0.838. The monoisotopic (exact) mass is 426 g/mol. The standard InChI is InChI=1S/C23H23FN2O5/c24-19-6-1-2-7-20(19)31-12-4-10-25-21(27)15-8-9-17-18(13-15)23(29)26(22(17)28)14-16-5-3-11-30-16/h1-2,6-9,13,16H,3-5,10-12,14H2,(H,25,27). The third kappa shape index (κ3) is 4.59. The smallest absolute Gasteiger partial charge is 0.261 e. The Hall–Kier alpha value is -3.26. The molecule has 0 spiro atoms. The summed E-state index contributed by atoms with van der Waals surface area (Å²) in [6.45, 7) is 1.44. The number of halogens is 1. The topological polar surface area (TPSA) is 84.9 Å². The number of hydrogen-bond donors (Lipinski definition) is 1. The SMILES string of the molecule is O=C(NCCCOc1ccccc1F)c1ccc2c(c1)C(=O)N(CC1CCCO1)C2=O. The van der Waals surface area contributed by atoms with E-state index in [9.17, 15) is 18.8 Å². The van der Waals surface area contributed by atoms with Gasteiger partial charge >= 0.3 is 0 Å². The molecule has 2 aliphatic heterocycles. The molecule has 1 saturated heterocycles. The number of imide groups is 1. The average Bonchev–Trinajstić information content (AvgIpc) is 3.37. The minimum atomic E-state index is -0.433. The molecule has 2 aromatic carbocycles. The lowest BCUT2D eigenvalue weighted by Crippen LogP contribution is -2.36. The Bertz CT molecular complexity index is 1000. The van der Waals surface area contributed by atoms with E-state index in [-0.39, 0.29) is 42.4 Å². The first-order chi connectivity index (χ1) is 15.0. The fourth-order valence-electron chi connectivity index (χ4n) is 3.71. The summed E-state index contributed by atoms with van der Waals surface area (Å²) in [6.07, 6.45) is 2.10. The van der Waals surface area contributed by atoms with E-state index in [0.717, 1.165) is 12.8 Å². The molecular formula is C23H23FN2O5. The third-order valence-corrected chi connectivity index (χ3v) is 5.34. The number of carbonyl (C=O) groups is 3. The number of rotatable bonds is 8. The average molecular weight is 426 g/mol. The van der Waals surface area contributed by atoms with Crippen LogP contribution in [0, 0.1) is 5.82 Å². The quantitative estimate of drug-likeness (QED) is 0.518. The normalized spacial score (nSPS) is 17.7. The van der Waals surface area contributed by atoms with Gasteiger partial charge in [0.15, 0.2) is 11.6 Å². The lowest BCUT2D eigenvalue weighted by molar-refractivity contribution is 0.0475. The largest absolute Gasteiger partial charge is 0.490 e. The lowest BCUT2D eigenvalue weighted by Gasteiger charge is -2.17. The Balaban J connectivity index is 1.30. The van der Waals surface area contributed by atoms with Crippen molar-refractivity contribution in [3.63, 3.8) is 0 Å². The van der Waals surface area contributed by atoms with Crippen LogP contribution in [0.3, 0.4) is 0 Å². The molecule has 1 unspecified atom stereocenters. The molecule has 162 valence electrons. The summed E-state index contributed by atoms with van der Waals surface area (Å²) in [7, 11) is 0. The first kappa shape index (κ1) is 21.0. The molecule has 7 nitrogen and oxygen atoms in total. The van der Waals surface area contributed by atoms with Crippen LogP contribution >= 0.6 is 0 Å². The number of benzene rings is 2. The predicted molar refractivity (Wildman–Crippen MR) is 110 cm³/mol. The Morgan fingerprint density at radius 3 is 2.74 bits per heavy atom. The van der Waals surface area contributed by atoms with E-state index in [4.69, 9.17) is 9.47 Å². The zero-order valence-electron chi connectivity index (χ0n) is 16.9. The second-order valence-corrected chi connectivity index (χ2v) is 7.50. The van der Waals surface area contributed by atoms with Crippen molar-refractivity contribution in [1.82, 2.24) is 10.2 Å². The molecule has 0 aliphatic carbocycles. The van der Waals surface area contributed by atoms with Gasteiger partial charge in [0, 0.05) is 18.7 Å². The van der Waals surface area contributed by atoms with Crippen LogP contribution < -0.4 is 10.1 Å². The van der Waals surface area contributed by atoms with Gasteiger partial charge in [0.25, 0.3) is 17.7 Å². The van der Waals surface area contributed by atoms with Crippen LogP contribution in [0.15, 0.2) is 42.5 Å². The number of carbonyl (C=O) groups excluding carboxylic acids is 3. The fraction of sp³-hybridized carbons (Fsp3) is 0.348. The second kappa shape index (κ2) is 9.26. The second-order valence-electron chi connectivity index (χ2n) is 7.50. The number of ether oxygens (including phenoxy) is 2. The maximum atomic E-state index is 13.5. The molecule has 3 amide bonds. The number of fused-ring (bicyclic) bond motifs is 1. The van der Waals surface area contributed by atoms with Gasteiger partial charge in [-0.1, -0.05) is 12.1 Å². The molecular weight excluding hydrogens is 403 g/mol. The Morgan fingerprint density at radius 1 is 1.16 bits per heavy atom. The molecule has 1 atom stereocenters. The van der Waals surface area contributed by atoms with Gasteiger partial charge in [0.2, 0.25) is 0 Å². The predicted octanol–water partition coefficient (Wildman–Crippen LogP) is 2.80. The highest BCUT2D eigenvalue weighted by atomic mass is 19.1. The molecule has 0 aromatic heterocycles. The van der Waals surface area contributed by atoms with Crippen molar-refractivity contribution < 1.29 is 28.2 Å². The number of amides is 3.